The molecule has 2 amide bonds. The summed E-state index contributed by atoms with van der Waals surface area (Å²) >= 11 is 0. The Hall–Kier alpha value is -6.00. The van der Waals surface area contributed by atoms with Crippen molar-refractivity contribution in [2.24, 2.45) is 47.3 Å². The SMILES string of the molecule is CCC(C)[C@H]1O[C@]2(C=C[C@@H]1C)C[C@@H]1C[C@@H](CC=C(C)[C@@H](O[C@H]3C[C@H](OC)[C@@H](O[C@H]4C[C@H](OC)[C@H](NC(=O)OCOC(=O)N[C@@H]5[C@H](C)O[C@@H](O[C@H]6[C@H](C)O[C@@H](O[C@@H]7C(C)=CC[C@@H]8C[C@@H](C[C@]9(C=C[C@H](C)[C@@H](C(C)CC)O9)O8)OC(=O)[C@@H]8C=C(C)[C@@H](O)[C@H]9OCC(=CC=C[C@@H]7C)[C@]98O)C[C@@H]6OC)C[C@@H]5OC)[C@H](C)O4)[C@H](C)O3)[C@@H](C)C=CC=C3CO[C@@H]4[C@H](O)C(C)=C[C@@H](C(=O)O1)[C@]34O)O2. The zero-order chi connectivity index (χ0) is 94.0. The quantitative estimate of drug-likeness (QED) is 0.0285. The Morgan fingerprint density at radius 1 is 0.473 bits per heavy atom. The third kappa shape index (κ3) is 21.9. The maximum absolute atomic E-state index is 14.6. The highest BCUT2D eigenvalue weighted by molar-refractivity contribution is 5.79. The molecule has 8 fully saturated rings. The van der Waals surface area contributed by atoms with Crippen molar-refractivity contribution in [3.8, 4) is 0 Å². The molecular weight excluding hydrogens is 1700 g/mol. The fourth-order valence-corrected chi connectivity index (χ4v) is 22.1. The van der Waals surface area contributed by atoms with Crippen LogP contribution >= 0.6 is 0 Å². The minimum atomic E-state index is -1.91. The minimum absolute atomic E-state index is 0.0220. The molecule has 0 radical (unpaired) electrons. The lowest BCUT2D eigenvalue weighted by molar-refractivity contribution is -0.311. The number of hydrogen-bond donors (Lipinski definition) is 6. The summed E-state index contributed by atoms with van der Waals surface area (Å²) in [6.45, 7) is 30.9. The topological polar surface area (TPSA) is 376 Å². The van der Waals surface area contributed by atoms with E-state index in [1.165, 1.54) is 14.2 Å². The van der Waals surface area contributed by atoms with Gasteiger partial charge >= 0.3 is 24.1 Å². The van der Waals surface area contributed by atoms with Crippen LogP contribution in [-0.2, 0) is 114 Å². The van der Waals surface area contributed by atoms with Crippen molar-refractivity contribution >= 4 is 24.1 Å². The first-order valence-corrected chi connectivity index (χ1v) is 47.7. The molecule has 14 aliphatic rings. The Balaban J connectivity index is 0.560. The van der Waals surface area contributed by atoms with Gasteiger partial charge in [0.05, 0.1) is 111 Å². The Morgan fingerprint density at radius 3 is 1.21 bits per heavy atom. The van der Waals surface area contributed by atoms with Crippen LogP contribution in [0.3, 0.4) is 0 Å². The van der Waals surface area contributed by atoms with Crippen LogP contribution in [0.5, 0.6) is 0 Å². The summed E-state index contributed by atoms with van der Waals surface area (Å²) in [7, 11) is 6.26. The number of nitrogens with one attached hydrogen (secondary N) is 2. The van der Waals surface area contributed by atoms with Crippen molar-refractivity contribution in [1.82, 2.24) is 10.6 Å². The molecule has 0 saturated carbocycles. The van der Waals surface area contributed by atoms with Gasteiger partial charge in [-0.05, 0) is 126 Å². The van der Waals surface area contributed by atoms with Gasteiger partial charge in [-0.3, -0.25) is 9.59 Å². The molecule has 40 atom stereocenters. The molecule has 32 nitrogen and oxygen atoms in total. The van der Waals surface area contributed by atoms with Crippen LogP contribution in [0, 0.1) is 47.3 Å². The predicted molar refractivity (Wildman–Crippen MR) is 474 cm³/mol. The van der Waals surface area contributed by atoms with Crippen molar-refractivity contribution in [3.63, 3.8) is 0 Å². The molecule has 32 heteroatoms. The predicted octanol–water partition coefficient (Wildman–Crippen LogP) is 11.2. The largest absolute Gasteiger partial charge is 0.462 e. The van der Waals surface area contributed by atoms with Gasteiger partial charge in [-0.1, -0.05) is 141 Å². The van der Waals surface area contributed by atoms with Crippen LogP contribution in [0.1, 0.15) is 188 Å². The van der Waals surface area contributed by atoms with Gasteiger partial charge in [0, 0.05) is 103 Å². The van der Waals surface area contributed by atoms with Gasteiger partial charge in [-0.15, -0.1) is 0 Å². The van der Waals surface area contributed by atoms with E-state index in [1.54, 1.807) is 66.2 Å². The first-order valence-electron chi connectivity index (χ1n) is 47.7. The van der Waals surface area contributed by atoms with Gasteiger partial charge in [0.2, 0.25) is 6.79 Å². The number of esters is 2. The van der Waals surface area contributed by atoms with Gasteiger partial charge in [-0.2, -0.15) is 0 Å². The van der Waals surface area contributed by atoms with Crippen LogP contribution in [0.25, 0.3) is 0 Å². The van der Waals surface area contributed by atoms with Crippen molar-refractivity contribution in [2.75, 3.05) is 48.4 Å². The van der Waals surface area contributed by atoms with Crippen LogP contribution in [0.4, 0.5) is 9.59 Å². The zero-order valence-corrected chi connectivity index (χ0v) is 79.9. The first kappa shape index (κ1) is 101. The molecular formula is C99H146N2O30. The van der Waals surface area contributed by atoms with Gasteiger partial charge in [-0.25, -0.2) is 9.59 Å². The molecule has 12 aliphatic heterocycles. The van der Waals surface area contributed by atoms with E-state index >= 15 is 0 Å². The summed E-state index contributed by atoms with van der Waals surface area (Å²) in [5.41, 5.74) is -0.161. The molecule has 2 aliphatic carbocycles. The summed E-state index contributed by atoms with van der Waals surface area (Å²) in [5, 5.41) is 53.9. The van der Waals surface area contributed by atoms with E-state index in [0.717, 1.165) is 24.0 Å². The van der Waals surface area contributed by atoms with Crippen molar-refractivity contribution in [3.05, 3.63) is 119 Å². The molecule has 14 rings (SSSR count). The summed E-state index contributed by atoms with van der Waals surface area (Å²) in [5.74, 6) is -5.86. The third-order valence-corrected chi connectivity index (χ3v) is 30.0. The fraction of sp³-hybridized carbons (Fsp3) is 0.758. The van der Waals surface area contributed by atoms with E-state index in [4.69, 9.17) is 104 Å². The molecule has 12 heterocycles. The molecule has 0 aromatic heterocycles. The highest BCUT2D eigenvalue weighted by atomic mass is 16.8. The highest BCUT2D eigenvalue weighted by Crippen LogP contribution is 2.51. The van der Waals surface area contributed by atoms with Crippen molar-refractivity contribution in [2.45, 2.75) is 382 Å². The van der Waals surface area contributed by atoms with E-state index in [2.05, 4.69) is 76.5 Å². The van der Waals surface area contributed by atoms with Gasteiger partial charge in [0.1, 0.15) is 71.9 Å². The first-order chi connectivity index (χ1) is 62.4. The number of allylic oxidation sites excluding steroid dienone is 4. The van der Waals surface area contributed by atoms with Gasteiger partial charge in [0.25, 0.3) is 0 Å². The second kappa shape index (κ2) is 42.9. The maximum Gasteiger partial charge on any atom is 0.410 e. The number of alkyl carbamates (subject to hydrolysis) is 2. The summed E-state index contributed by atoms with van der Waals surface area (Å²) in [6.07, 6.45) is 12.1. The smallest absolute Gasteiger partial charge is 0.410 e. The van der Waals surface area contributed by atoms with Crippen LogP contribution < -0.4 is 10.6 Å². The molecule has 6 N–H and O–H groups in total. The van der Waals surface area contributed by atoms with Gasteiger partial charge in [0.15, 0.2) is 36.7 Å². The van der Waals surface area contributed by atoms with Crippen LogP contribution in [0.2, 0.25) is 0 Å². The van der Waals surface area contributed by atoms with E-state index < -0.39 is 225 Å². The van der Waals surface area contributed by atoms with Gasteiger partial charge < -0.3 is 135 Å². The monoisotopic (exact) mass is 1840 g/mol. The van der Waals surface area contributed by atoms with Crippen LogP contribution in [0.15, 0.2) is 119 Å². The third-order valence-electron chi connectivity index (χ3n) is 30.0. The van der Waals surface area contributed by atoms with Crippen molar-refractivity contribution < 1.29 is 144 Å². The van der Waals surface area contributed by atoms with E-state index in [0.29, 0.717) is 48.0 Å². The summed E-state index contributed by atoms with van der Waals surface area (Å²) in [6, 6.07) is -1.46. The second-order valence-electron chi connectivity index (χ2n) is 39.3. The zero-order valence-electron chi connectivity index (χ0n) is 79.9. The lowest BCUT2D eigenvalue weighted by Crippen LogP contribution is -2.59. The molecule has 131 heavy (non-hydrogen) atoms. The second-order valence-corrected chi connectivity index (χ2v) is 39.3. The summed E-state index contributed by atoms with van der Waals surface area (Å²) < 4.78 is 142. The minimum Gasteiger partial charge on any atom is -0.462 e. The lowest BCUT2D eigenvalue weighted by atomic mass is 9.71. The Morgan fingerprint density at radius 2 is 0.840 bits per heavy atom. The number of aliphatic hydroxyl groups excluding tert-OH is 2. The Bertz CT molecular complexity index is 4010. The molecule has 0 aromatic rings. The standard InChI is InChI=1S/C99H146N2O30/c1-21-50(3)86-56(9)33-35-96(130-86)45-68-39-66(128-96)31-29-54(7)84(52(5)25-23-27-64-47-114-90-82(102)58(11)37-70(92(104)122-68)98(64,90)108)124-78-43-74(112-19)88(62(15)120-78)126-76-41-72(110-17)80(60(13)118-76)100-94(106)116-49-117-95(107)101-81-61(14)119-77(42-73(81)111-18)127-89-63(16)121-79(44-75(89)113-20)125-85-53(6)26-24-28-65-48-115-91-83(103)59(12)38-71(99(65,91)109)93(105)123-69-40-67(32-30-55(85)8)129-97(46-69)36-34-57(10)87(131-97)51(4)22-2/h23-30,33-38,50-53,56-57,60-63,66-91,102-103,108-109H,21-22,31-32,39-49H2,1-20H3,(H,100,106)(H,101,107)/t50?,51?,52-,53-,56-,57-,60-,61-,62-,63-,66+,67+,68-,69-,70-,71-,72-,73-,74-,75-,76-,77-,78-,79-,80+,81+,82+,83+,84-,85-,86+,87+,88-,89-,90+,91+,96+,97+,98+,99+/m0/s1. The van der Waals surface area contributed by atoms with E-state index in [-0.39, 0.29) is 99.5 Å². The van der Waals surface area contributed by atoms with E-state index in [9.17, 15) is 39.6 Å². The Labute approximate surface area is 771 Å². The number of carbonyl (C=O) groups excluding carboxylic acids is 4. The molecule has 2 spiro atoms. The number of amides is 2. The number of carbonyl (C=O) groups is 4. The van der Waals surface area contributed by atoms with E-state index in [1.807, 2.05) is 78.0 Å². The molecule has 0 aromatic carbocycles. The molecule has 4 bridgehead atoms. The molecule has 8 saturated heterocycles. The fourth-order valence-electron chi connectivity index (χ4n) is 22.1. The molecule has 2 unspecified atom stereocenters. The lowest BCUT2D eigenvalue weighted by Gasteiger charge is -2.48. The number of rotatable bonds is 20. The van der Waals surface area contributed by atoms with Crippen LogP contribution in [-0.4, -0.2) is 287 Å². The normalized spacial score (nSPS) is 45.0. The highest BCUT2D eigenvalue weighted by Gasteiger charge is 2.63. The number of ether oxygens (including phenoxy) is 22. The van der Waals surface area contributed by atoms with Crippen molar-refractivity contribution in [1.29, 1.82) is 0 Å². The number of aliphatic hydroxyl groups is 4. The summed E-state index contributed by atoms with van der Waals surface area (Å²) in [4.78, 5) is 56.3. The number of fused-ring (bicyclic) bond motifs is 4. The number of methoxy groups -OCH3 is 4. The number of hydrogen-bond acceptors (Lipinski definition) is 30. The maximum atomic E-state index is 14.6. The average Bonchev–Trinajstić information content (AvgIpc) is 1.65. The Kier molecular flexibility index (Phi) is 33.1. The molecule has 732 valence electrons. The average molecular weight is 1840 g/mol.